The van der Waals surface area contributed by atoms with Gasteiger partial charge in [-0.05, 0) is 24.3 Å². The molecular weight excluding hydrogens is 294 g/mol. The lowest BCUT2D eigenvalue weighted by atomic mass is 10.2. The minimum Gasteiger partial charge on any atom is -0.486 e. The van der Waals surface area contributed by atoms with Crippen molar-refractivity contribution in [3.05, 3.63) is 53.3 Å². The molecule has 0 aliphatic carbocycles. The number of carbonyl (C=O) groups is 1. The minimum absolute atomic E-state index is 0.104. The zero-order chi connectivity index (χ0) is 14.7. The molecule has 6 heteroatoms. The average molecular weight is 306 g/mol. The second kappa shape index (κ2) is 6.01. The third-order valence-electron chi connectivity index (χ3n) is 2.93. The minimum atomic E-state index is -0.471. The number of esters is 1. The number of pyridine rings is 1. The van der Waals surface area contributed by atoms with Gasteiger partial charge >= 0.3 is 5.97 Å². The fourth-order valence-corrected chi connectivity index (χ4v) is 2.10. The smallest absolute Gasteiger partial charge is 0.338 e. The number of rotatable bonds is 3. The van der Waals surface area contributed by atoms with Crippen LogP contribution in [0.3, 0.4) is 0 Å². The van der Waals surface area contributed by atoms with E-state index in [4.69, 9.17) is 25.8 Å². The molecule has 2 aromatic rings. The highest BCUT2D eigenvalue weighted by Gasteiger charge is 2.22. The number of aromatic nitrogens is 1. The summed E-state index contributed by atoms with van der Waals surface area (Å²) in [5.74, 6) is 0.875. The highest BCUT2D eigenvalue weighted by Crippen LogP contribution is 2.30. The predicted octanol–water partition coefficient (Wildman–Crippen LogP) is 2.73. The molecule has 0 N–H and O–H groups in total. The van der Waals surface area contributed by atoms with E-state index in [2.05, 4.69) is 4.98 Å². The molecule has 1 unspecified atom stereocenters. The van der Waals surface area contributed by atoms with Crippen molar-refractivity contribution in [3.8, 4) is 11.5 Å². The zero-order valence-electron chi connectivity index (χ0n) is 11.0. The standard InChI is InChI=1S/C15H12ClNO4/c16-14-7-10(5-6-17-14)15(18)20-9-11-8-19-12-3-1-2-4-13(12)21-11/h1-7,11H,8-9H2. The van der Waals surface area contributed by atoms with E-state index < -0.39 is 5.97 Å². The van der Waals surface area contributed by atoms with Gasteiger partial charge in [-0.3, -0.25) is 0 Å². The summed E-state index contributed by atoms with van der Waals surface area (Å²) in [7, 11) is 0. The van der Waals surface area contributed by atoms with Crippen LogP contribution in [0, 0.1) is 0 Å². The Morgan fingerprint density at radius 1 is 1.33 bits per heavy atom. The summed E-state index contributed by atoms with van der Waals surface area (Å²) in [5, 5.41) is 0.246. The van der Waals surface area contributed by atoms with Crippen molar-refractivity contribution >= 4 is 17.6 Å². The van der Waals surface area contributed by atoms with Crippen LogP contribution in [-0.4, -0.2) is 30.3 Å². The fraction of sp³-hybridized carbons (Fsp3) is 0.200. The maximum Gasteiger partial charge on any atom is 0.338 e. The molecule has 1 atom stereocenters. The highest BCUT2D eigenvalue weighted by molar-refractivity contribution is 6.29. The van der Waals surface area contributed by atoms with Gasteiger partial charge in [0, 0.05) is 6.20 Å². The molecule has 1 aliphatic heterocycles. The number of halogens is 1. The van der Waals surface area contributed by atoms with Crippen molar-refractivity contribution in [2.24, 2.45) is 0 Å². The Balaban J connectivity index is 1.58. The van der Waals surface area contributed by atoms with Gasteiger partial charge in [0.05, 0.1) is 5.56 Å². The lowest BCUT2D eigenvalue weighted by Gasteiger charge is -2.26. The zero-order valence-corrected chi connectivity index (χ0v) is 11.7. The molecule has 0 fully saturated rings. The summed E-state index contributed by atoms with van der Waals surface area (Å²) in [6.45, 7) is 0.439. The first kappa shape index (κ1) is 13.7. The molecule has 3 rings (SSSR count). The molecule has 1 aliphatic rings. The molecular formula is C15H12ClNO4. The van der Waals surface area contributed by atoms with E-state index >= 15 is 0 Å². The van der Waals surface area contributed by atoms with Crippen molar-refractivity contribution < 1.29 is 19.0 Å². The summed E-state index contributed by atoms with van der Waals surface area (Å²) in [6, 6.07) is 10.4. The summed E-state index contributed by atoms with van der Waals surface area (Å²) < 4.78 is 16.5. The first-order chi connectivity index (χ1) is 10.2. The van der Waals surface area contributed by atoms with E-state index in [0.717, 1.165) is 0 Å². The van der Waals surface area contributed by atoms with Crippen molar-refractivity contribution in [2.75, 3.05) is 13.2 Å². The number of benzene rings is 1. The lowest BCUT2D eigenvalue weighted by Crippen LogP contribution is -2.34. The summed E-state index contributed by atoms with van der Waals surface area (Å²) in [4.78, 5) is 15.7. The lowest BCUT2D eigenvalue weighted by molar-refractivity contribution is 0.0109. The number of para-hydroxylation sites is 2. The van der Waals surface area contributed by atoms with Crippen LogP contribution in [0.4, 0.5) is 0 Å². The van der Waals surface area contributed by atoms with Gasteiger partial charge in [0.1, 0.15) is 18.4 Å². The maximum atomic E-state index is 11.9. The Kier molecular flexibility index (Phi) is 3.92. The number of fused-ring (bicyclic) bond motifs is 1. The van der Waals surface area contributed by atoms with Gasteiger partial charge in [-0.2, -0.15) is 0 Å². The van der Waals surface area contributed by atoms with Crippen LogP contribution in [0.15, 0.2) is 42.6 Å². The molecule has 0 bridgehead atoms. The quantitative estimate of drug-likeness (QED) is 0.644. The first-order valence-corrected chi connectivity index (χ1v) is 6.77. The summed E-state index contributed by atoms with van der Waals surface area (Å²) >= 11 is 5.73. The SMILES string of the molecule is O=C(OCC1COc2ccccc2O1)c1ccnc(Cl)c1. The third-order valence-corrected chi connectivity index (χ3v) is 3.14. The highest BCUT2D eigenvalue weighted by atomic mass is 35.5. The number of ether oxygens (including phenoxy) is 3. The number of hydrogen-bond acceptors (Lipinski definition) is 5. The van der Waals surface area contributed by atoms with Crippen molar-refractivity contribution in [3.63, 3.8) is 0 Å². The van der Waals surface area contributed by atoms with Crippen molar-refractivity contribution in [1.29, 1.82) is 0 Å². The second-order valence-corrected chi connectivity index (χ2v) is 4.85. The molecule has 0 spiro atoms. The predicted molar refractivity (Wildman–Crippen MR) is 75.9 cm³/mol. The average Bonchev–Trinajstić information content (AvgIpc) is 2.52. The van der Waals surface area contributed by atoms with Crippen molar-refractivity contribution in [1.82, 2.24) is 4.98 Å². The Morgan fingerprint density at radius 2 is 2.14 bits per heavy atom. The normalized spacial score (nSPS) is 16.3. The van der Waals surface area contributed by atoms with E-state index in [0.29, 0.717) is 23.7 Å². The summed E-state index contributed by atoms with van der Waals surface area (Å²) in [5.41, 5.74) is 0.354. The van der Waals surface area contributed by atoms with Gasteiger partial charge in [-0.15, -0.1) is 0 Å². The fourth-order valence-electron chi connectivity index (χ4n) is 1.93. The molecule has 0 saturated carbocycles. The van der Waals surface area contributed by atoms with Gasteiger partial charge in [0.25, 0.3) is 0 Å². The van der Waals surface area contributed by atoms with E-state index in [1.165, 1.54) is 12.3 Å². The molecule has 0 saturated heterocycles. The van der Waals surface area contributed by atoms with Crippen LogP contribution >= 0.6 is 11.6 Å². The molecule has 108 valence electrons. The number of carbonyl (C=O) groups excluding carboxylic acids is 1. The molecule has 1 aromatic heterocycles. The Morgan fingerprint density at radius 3 is 2.95 bits per heavy atom. The van der Waals surface area contributed by atoms with Gasteiger partial charge in [0.15, 0.2) is 17.6 Å². The Labute approximate surface area is 126 Å². The molecule has 21 heavy (non-hydrogen) atoms. The van der Waals surface area contributed by atoms with E-state index in [1.807, 2.05) is 24.3 Å². The molecule has 2 heterocycles. The molecule has 5 nitrogen and oxygen atoms in total. The molecule has 0 amide bonds. The monoisotopic (exact) mass is 305 g/mol. The van der Waals surface area contributed by atoms with Crippen LogP contribution < -0.4 is 9.47 Å². The van der Waals surface area contributed by atoms with E-state index in [9.17, 15) is 4.79 Å². The van der Waals surface area contributed by atoms with Crippen LogP contribution in [0.1, 0.15) is 10.4 Å². The second-order valence-electron chi connectivity index (χ2n) is 4.46. The van der Waals surface area contributed by atoms with Crippen LogP contribution in [0.25, 0.3) is 0 Å². The molecule has 1 aromatic carbocycles. The number of nitrogens with zero attached hydrogens (tertiary/aromatic N) is 1. The van der Waals surface area contributed by atoms with Crippen LogP contribution in [0.5, 0.6) is 11.5 Å². The van der Waals surface area contributed by atoms with Gasteiger partial charge in [-0.1, -0.05) is 23.7 Å². The maximum absolute atomic E-state index is 11.9. The Hall–Kier alpha value is -2.27. The topological polar surface area (TPSA) is 57.7 Å². The Bertz CT molecular complexity index is 662. The van der Waals surface area contributed by atoms with Gasteiger partial charge in [0.2, 0.25) is 0 Å². The van der Waals surface area contributed by atoms with E-state index in [-0.39, 0.29) is 17.9 Å². The summed E-state index contributed by atoms with van der Waals surface area (Å²) in [6.07, 6.45) is 1.12. The van der Waals surface area contributed by atoms with Gasteiger partial charge in [-0.25, -0.2) is 9.78 Å². The first-order valence-electron chi connectivity index (χ1n) is 6.39. The largest absolute Gasteiger partial charge is 0.486 e. The van der Waals surface area contributed by atoms with Crippen LogP contribution in [-0.2, 0) is 4.74 Å². The van der Waals surface area contributed by atoms with E-state index in [1.54, 1.807) is 6.07 Å². The van der Waals surface area contributed by atoms with Crippen molar-refractivity contribution in [2.45, 2.75) is 6.10 Å². The van der Waals surface area contributed by atoms with Crippen LogP contribution in [0.2, 0.25) is 5.15 Å². The molecule has 0 radical (unpaired) electrons. The number of hydrogen-bond donors (Lipinski definition) is 0. The third kappa shape index (κ3) is 3.25. The van der Waals surface area contributed by atoms with Gasteiger partial charge < -0.3 is 14.2 Å².